The van der Waals surface area contributed by atoms with Gasteiger partial charge >= 0.3 is 0 Å². The predicted octanol–water partition coefficient (Wildman–Crippen LogP) is 5.84. The summed E-state index contributed by atoms with van der Waals surface area (Å²) >= 11 is 6.16. The average molecular weight is 489 g/mol. The highest BCUT2D eigenvalue weighted by Crippen LogP contribution is 2.42. The molecule has 1 N–H and O–H groups in total. The Morgan fingerprint density at radius 3 is 2.60 bits per heavy atom. The fourth-order valence-electron chi connectivity index (χ4n) is 4.30. The van der Waals surface area contributed by atoms with Gasteiger partial charge in [0.25, 0.3) is 5.91 Å². The summed E-state index contributed by atoms with van der Waals surface area (Å²) in [5.74, 6) is -1.65. The number of methoxy groups -OCH3 is 1. The number of pyridine rings is 1. The quantitative estimate of drug-likeness (QED) is 0.343. The van der Waals surface area contributed by atoms with Crippen molar-refractivity contribution in [2.45, 2.75) is 19.4 Å². The smallest absolute Gasteiger partial charge is 0.294 e. The van der Waals surface area contributed by atoms with Crippen LogP contribution in [-0.4, -0.2) is 28.9 Å². The highest BCUT2D eigenvalue weighted by atomic mass is 35.5. The van der Waals surface area contributed by atoms with Crippen molar-refractivity contribution in [3.05, 3.63) is 100 Å². The van der Waals surface area contributed by atoms with Crippen molar-refractivity contribution in [1.82, 2.24) is 4.98 Å². The molecular weight excluding hydrogens is 468 g/mol. The number of hydrogen-bond acceptors (Lipinski definition) is 6. The van der Waals surface area contributed by atoms with Gasteiger partial charge in [-0.1, -0.05) is 36.7 Å². The molecule has 1 atom stereocenters. The lowest BCUT2D eigenvalue weighted by Crippen LogP contribution is -2.31. The Labute approximate surface area is 206 Å². The topological polar surface area (TPSA) is 92.9 Å². The third kappa shape index (κ3) is 3.84. The highest BCUT2D eigenvalue weighted by molar-refractivity contribution is 6.31. The van der Waals surface area contributed by atoms with Crippen LogP contribution in [0.25, 0.3) is 11.0 Å². The van der Waals surface area contributed by atoms with Crippen LogP contribution in [0.4, 0.5) is 5.69 Å². The molecular formula is C27H21ClN2O5. The Balaban J connectivity index is 1.64. The first-order valence-electron chi connectivity index (χ1n) is 11.0. The second-order valence-electron chi connectivity index (χ2n) is 8.08. The Morgan fingerprint density at radius 1 is 1.17 bits per heavy atom. The minimum Gasteiger partial charge on any atom is -0.503 e. The minimum absolute atomic E-state index is 0.0565. The van der Waals surface area contributed by atoms with Crippen molar-refractivity contribution in [1.29, 1.82) is 0 Å². The number of aliphatic hydroxyl groups is 1. The van der Waals surface area contributed by atoms with Crippen molar-refractivity contribution >= 4 is 39.9 Å². The normalized spacial score (nSPS) is 15.8. The Bertz CT molecular complexity index is 1470. The number of Topliss-reactive ketones (excluding diaryl/α,β-unsaturated/α-hetero) is 1. The van der Waals surface area contributed by atoms with Gasteiger partial charge in [-0.05, 0) is 48.4 Å². The monoisotopic (exact) mass is 488 g/mol. The number of benzene rings is 2. The summed E-state index contributed by atoms with van der Waals surface area (Å²) in [4.78, 5) is 32.8. The van der Waals surface area contributed by atoms with Gasteiger partial charge in [-0.15, -0.1) is 0 Å². The summed E-state index contributed by atoms with van der Waals surface area (Å²) in [7, 11) is 1.47. The van der Waals surface area contributed by atoms with Gasteiger partial charge in [0, 0.05) is 28.4 Å². The Kier molecular flexibility index (Phi) is 5.78. The Hall–Kier alpha value is -4.10. The third-order valence-electron chi connectivity index (χ3n) is 6.03. The summed E-state index contributed by atoms with van der Waals surface area (Å²) in [6.45, 7) is 2.03. The lowest BCUT2D eigenvalue weighted by atomic mass is 9.98. The summed E-state index contributed by atoms with van der Waals surface area (Å²) in [5.41, 5.74) is 2.29. The maximum atomic E-state index is 13.7. The van der Waals surface area contributed by atoms with Gasteiger partial charge < -0.3 is 14.3 Å². The number of hydrogen-bond donors (Lipinski definition) is 1. The van der Waals surface area contributed by atoms with Crippen molar-refractivity contribution in [2.24, 2.45) is 0 Å². The second-order valence-corrected chi connectivity index (χ2v) is 8.52. The number of rotatable bonds is 6. The van der Waals surface area contributed by atoms with E-state index in [-0.39, 0.29) is 11.3 Å². The van der Waals surface area contributed by atoms with Crippen LogP contribution in [-0.2, 0) is 11.2 Å². The van der Waals surface area contributed by atoms with Crippen LogP contribution in [0.5, 0.6) is 5.75 Å². The van der Waals surface area contributed by atoms with E-state index in [1.807, 2.05) is 19.1 Å². The molecule has 0 bridgehead atoms. The number of halogens is 1. The second kappa shape index (κ2) is 8.92. The molecule has 1 amide bonds. The van der Waals surface area contributed by atoms with Crippen LogP contribution >= 0.6 is 11.6 Å². The maximum absolute atomic E-state index is 13.7. The zero-order valence-electron chi connectivity index (χ0n) is 19.0. The molecule has 2 aromatic heterocycles. The molecule has 1 aliphatic rings. The lowest BCUT2D eigenvalue weighted by Gasteiger charge is -2.26. The molecule has 0 radical (unpaired) electrons. The van der Waals surface area contributed by atoms with E-state index in [4.69, 9.17) is 20.8 Å². The summed E-state index contributed by atoms with van der Waals surface area (Å²) in [6, 6.07) is 16.4. The van der Waals surface area contributed by atoms with Gasteiger partial charge in [0.2, 0.25) is 5.78 Å². The molecule has 35 heavy (non-hydrogen) atoms. The molecule has 0 fully saturated rings. The van der Waals surface area contributed by atoms with Crippen molar-refractivity contribution in [3.63, 3.8) is 0 Å². The van der Waals surface area contributed by atoms with E-state index < -0.39 is 23.5 Å². The van der Waals surface area contributed by atoms with Crippen LogP contribution in [0.15, 0.2) is 82.6 Å². The lowest BCUT2D eigenvalue weighted by molar-refractivity contribution is -0.117. The molecule has 1 unspecified atom stereocenters. The number of carbonyl (C=O) groups excluding carboxylic acids is 2. The first-order chi connectivity index (χ1) is 16.9. The average Bonchev–Trinajstić information content (AvgIpc) is 3.42. The fourth-order valence-corrected chi connectivity index (χ4v) is 4.51. The minimum atomic E-state index is -0.942. The van der Waals surface area contributed by atoms with Crippen LogP contribution in [0.3, 0.4) is 0 Å². The molecule has 176 valence electrons. The molecule has 0 aliphatic carbocycles. The molecule has 3 heterocycles. The van der Waals surface area contributed by atoms with Crippen molar-refractivity contribution < 1.29 is 23.8 Å². The van der Waals surface area contributed by atoms with E-state index in [1.165, 1.54) is 18.1 Å². The number of aliphatic hydroxyl groups excluding tert-OH is 1. The first-order valence-corrected chi connectivity index (χ1v) is 11.4. The number of fused-ring (bicyclic) bond motifs is 1. The Morgan fingerprint density at radius 2 is 1.94 bits per heavy atom. The predicted molar refractivity (Wildman–Crippen MR) is 132 cm³/mol. The van der Waals surface area contributed by atoms with Crippen molar-refractivity contribution in [3.8, 4) is 5.75 Å². The van der Waals surface area contributed by atoms with Crippen LogP contribution in [0.1, 0.15) is 34.8 Å². The highest BCUT2D eigenvalue weighted by Gasteiger charge is 2.46. The number of furan rings is 1. The number of carbonyl (C=O) groups is 2. The van der Waals surface area contributed by atoms with Gasteiger partial charge in [0.1, 0.15) is 6.04 Å². The third-order valence-corrected chi connectivity index (χ3v) is 6.25. The van der Waals surface area contributed by atoms with Gasteiger partial charge in [0.15, 0.2) is 22.9 Å². The summed E-state index contributed by atoms with van der Waals surface area (Å²) < 4.78 is 11.2. The van der Waals surface area contributed by atoms with E-state index in [9.17, 15) is 14.7 Å². The fraction of sp³-hybridized carbons (Fsp3) is 0.148. The number of aromatic nitrogens is 1. The molecule has 4 aromatic rings. The summed E-state index contributed by atoms with van der Waals surface area (Å²) in [6.07, 6.45) is 2.41. The van der Waals surface area contributed by atoms with E-state index >= 15 is 0 Å². The number of ketones is 1. The zero-order valence-corrected chi connectivity index (χ0v) is 19.7. The zero-order chi connectivity index (χ0) is 24.7. The van der Waals surface area contributed by atoms with Crippen LogP contribution in [0, 0.1) is 0 Å². The molecule has 0 saturated heterocycles. The van der Waals surface area contributed by atoms with E-state index in [0.717, 1.165) is 12.0 Å². The molecule has 1 aliphatic heterocycles. The van der Waals surface area contributed by atoms with E-state index in [0.29, 0.717) is 33.1 Å². The molecule has 5 rings (SSSR count). The molecule has 0 saturated carbocycles. The maximum Gasteiger partial charge on any atom is 0.294 e. The molecule has 2 aromatic carbocycles. The number of ether oxygens (including phenoxy) is 1. The van der Waals surface area contributed by atoms with Gasteiger partial charge in [0.05, 0.1) is 18.4 Å². The van der Waals surface area contributed by atoms with Crippen LogP contribution in [0.2, 0.25) is 5.02 Å². The molecule has 0 spiro atoms. The number of anilines is 1. The van der Waals surface area contributed by atoms with E-state index in [1.54, 1.807) is 48.7 Å². The standard InChI is InChI=1S/C27H21ClN2O5/c1-3-15-7-9-18(10-8-15)30-23(19-6-4-5-11-29-19)22(25(32)27(30)33)24(31)20-13-16-12-17(28)14-21(34-2)26(16)35-20/h4-14,23,32H,3H2,1-2H3. The number of nitrogens with zero attached hydrogens (tertiary/aromatic N) is 2. The van der Waals surface area contributed by atoms with Gasteiger partial charge in [-0.25, -0.2) is 0 Å². The molecule has 8 heteroatoms. The van der Waals surface area contributed by atoms with Gasteiger partial charge in [-0.2, -0.15) is 0 Å². The molecule has 7 nitrogen and oxygen atoms in total. The van der Waals surface area contributed by atoms with Crippen molar-refractivity contribution in [2.75, 3.05) is 12.0 Å². The SMILES string of the molecule is CCc1ccc(N2C(=O)C(O)=C(C(=O)c3cc4cc(Cl)cc(OC)c4o3)C2c2ccccn2)cc1. The summed E-state index contributed by atoms with van der Waals surface area (Å²) in [5, 5.41) is 11.9. The number of amides is 1. The van der Waals surface area contributed by atoms with E-state index in [2.05, 4.69) is 4.98 Å². The van der Waals surface area contributed by atoms with Crippen LogP contribution < -0.4 is 9.64 Å². The first kappa shape index (κ1) is 22.7. The largest absolute Gasteiger partial charge is 0.503 e. The van der Waals surface area contributed by atoms with Gasteiger partial charge in [-0.3, -0.25) is 19.5 Å². The number of aryl methyl sites for hydroxylation is 1.